The zero-order valence-electron chi connectivity index (χ0n) is 36.4. The van der Waals surface area contributed by atoms with Crippen LogP contribution < -0.4 is 5.32 Å². The van der Waals surface area contributed by atoms with Gasteiger partial charge in [-0.25, -0.2) is 0 Å². The Labute approximate surface area is 339 Å². The number of hydrogen-bond acceptors (Lipinski definition) is 15. The summed E-state index contributed by atoms with van der Waals surface area (Å²) in [6, 6.07) is 4.33. The standard InChI is InChI=1S/C42H73N3O12/c1-14-31-41(10,50)35(47)27(6)44-22-23(2)20-39(8,49)36(57-38-33(46)29(45(11)12)19-24(3)53-38)25(4)34(26(5)37(48)55-31)56-32-21-40(9,52-13)42(51,28(7)54-32)30-17-15-16-18-43-30/h15-18,23-29,31-36,38,44,46-47,49-51H,14,19-22H2,1-13H3/t23-,24-,25+,26-,27-,28+,29+,31?,32+,33-,34+,35-,36-,38+,39-,40-,41-,42+/m1/s1. The monoisotopic (exact) mass is 812 g/mol. The van der Waals surface area contributed by atoms with Gasteiger partial charge in [0, 0.05) is 37.7 Å². The number of nitrogens with zero attached hydrogens (tertiary/aromatic N) is 2. The highest BCUT2D eigenvalue weighted by Gasteiger charge is 2.60. The van der Waals surface area contributed by atoms with Crippen LogP contribution in [-0.2, 0) is 38.8 Å². The van der Waals surface area contributed by atoms with E-state index >= 15 is 0 Å². The van der Waals surface area contributed by atoms with Crippen molar-refractivity contribution in [3.63, 3.8) is 0 Å². The number of aliphatic hydroxyl groups is 5. The number of carbonyl (C=O) groups excluding carboxylic acids is 1. The Morgan fingerprint density at radius 2 is 1.65 bits per heavy atom. The van der Waals surface area contributed by atoms with Crippen molar-refractivity contribution in [3.05, 3.63) is 30.1 Å². The molecule has 3 aliphatic rings. The SMILES string of the molecule is CCC1OC(=O)[C@H](C)[C@@H](O[C@H]2C[C@@](C)(OC)[C@@](O)(c3ccccn3)[C@H](C)O2)[C@H](C)[C@@H](O[C@@H]2O[C@H](C)C[C@H](N(C)C)[C@H]2O)[C@](C)(O)C[C@@H](C)CN[C@H](C)[C@@H](O)[C@]1(C)O. The molecule has 1 aromatic heterocycles. The zero-order valence-corrected chi connectivity index (χ0v) is 36.4. The molecule has 18 atom stereocenters. The van der Waals surface area contributed by atoms with Crippen LogP contribution >= 0.6 is 0 Å². The highest BCUT2D eigenvalue weighted by atomic mass is 16.7. The number of cyclic esters (lactones) is 1. The van der Waals surface area contributed by atoms with Gasteiger partial charge in [-0.15, -0.1) is 0 Å². The van der Waals surface area contributed by atoms with E-state index in [1.54, 1.807) is 65.9 Å². The second-order valence-electron chi connectivity index (χ2n) is 18.1. The fourth-order valence-corrected chi connectivity index (χ4v) is 9.43. The molecule has 0 bridgehead atoms. The number of likely N-dealkylation sites (N-methyl/N-ethyl adjacent to an activating group) is 1. The maximum atomic E-state index is 14.4. The Balaban J connectivity index is 1.82. The van der Waals surface area contributed by atoms with Crippen LogP contribution in [0.4, 0.5) is 0 Å². The van der Waals surface area contributed by atoms with Crippen LogP contribution in [0.1, 0.15) is 101 Å². The third-order valence-electron chi connectivity index (χ3n) is 13.1. The molecule has 3 saturated heterocycles. The molecule has 6 N–H and O–H groups in total. The van der Waals surface area contributed by atoms with E-state index in [0.717, 1.165) is 0 Å². The molecule has 1 unspecified atom stereocenters. The Morgan fingerprint density at radius 1 is 0.982 bits per heavy atom. The van der Waals surface area contributed by atoms with Gasteiger partial charge in [-0.1, -0.05) is 26.8 Å². The molecule has 328 valence electrons. The first-order chi connectivity index (χ1) is 26.4. The van der Waals surface area contributed by atoms with Crippen molar-refractivity contribution >= 4 is 5.97 Å². The van der Waals surface area contributed by atoms with Gasteiger partial charge >= 0.3 is 5.97 Å². The van der Waals surface area contributed by atoms with E-state index in [4.69, 9.17) is 28.4 Å². The van der Waals surface area contributed by atoms with Crippen LogP contribution in [0.2, 0.25) is 0 Å². The molecule has 0 spiro atoms. The van der Waals surface area contributed by atoms with Crippen molar-refractivity contribution in [2.75, 3.05) is 27.7 Å². The van der Waals surface area contributed by atoms with Crippen molar-refractivity contribution in [2.24, 2.45) is 17.8 Å². The van der Waals surface area contributed by atoms with Gasteiger partial charge in [-0.05, 0) is 106 Å². The van der Waals surface area contributed by atoms with Crippen LogP contribution in [0.25, 0.3) is 0 Å². The number of ether oxygens (including phenoxy) is 6. The summed E-state index contributed by atoms with van der Waals surface area (Å²) in [6.07, 6.45) is -6.44. The lowest BCUT2D eigenvalue weighted by Gasteiger charge is -2.53. The third-order valence-corrected chi connectivity index (χ3v) is 13.1. The molecule has 57 heavy (non-hydrogen) atoms. The molecule has 15 heteroatoms. The smallest absolute Gasteiger partial charge is 0.311 e. The van der Waals surface area contributed by atoms with E-state index < -0.39 is 95.5 Å². The first-order valence-corrected chi connectivity index (χ1v) is 20.7. The topological polar surface area (TPSA) is 202 Å². The number of rotatable bonds is 8. The normalized spacial score (nSPS) is 47.2. The summed E-state index contributed by atoms with van der Waals surface area (Å²) < 4.78 is 38.4. The summed E-state index contributed by atoms with van der Waals surface area (Å²) >= 11 is 0. The van der Waals surface area contributed by atoms with E-state index in [0.29, 0.717) is 18.7 Å². The molecular weight excluding hydrogens is 738 g/mol. The lowest BCUT2D eigenvalue weighted by atomic mass is 9.73. The summed E-state index contributed by atoms with van der Waals surface area (Å²) in [5.74, 6) is -2.75. The Bertz CT molecular complexity index is 1440. The second kappa shape index (κ2) is 18.8. The maximum Gasteiger partial charge on any atom is 0.311 e. The van der Waals surface area contributed by atoms with Crippen LogP contribution in [0, 0.1) is 17.8 Å². The number of aliphatic hydroxyl groups excluding tert-OH is 2. The lowest BCUT2D eigenvalue weighted by molar-refractivity contribution is -0.342. The molecule has 15 nitrogen and oxygen atoms in total. The largest absolute Gasteiger partial charge is 0.459 e. The average molecular weight is 812 g/mol. The summed E-state index contributed by atoms with van der Waals surface area (Å²) in [4.78, 5) is 20.7. The molecule has 4 heterocycles. The lowest BCUT2D eigenvalue weighted by Crippen LogP contribution is -2.65. The van der Waals surface area contributed by atoms with Crippen molar-refractivity contribution in [1.82, 2.24) is 15.2 Å². The first-order valence-electron chi connectivity index (χ1n) is 20.7. The summed E-state index contributed by atoms with van der Waals surface area (Å²) in [7, 11) is 5.26. The molecule has 0 amide bonds. The van der Waals surface area contributed by atoms with Crippen molar-refractivity contribution in [1.29, 1.82) is 0 Å². The van der Waals surface area contributed by atoms with E-state index in [2.05, 4.69) is 10.3 Å². The average Bonchev–Trinajstić information content (AvgIpc) is 3.15. The highest BCUT2D eigenvalue weighted by Crippen LogP contribution is 2.47. The van der Waals surface area contributed by atoms with Gasteiger partial charge < -0.3 is 64.2 Å². The fourth-order valence-electron chi connectivity index (χ4n) is 9.43. The van der Waals surface area contributed by atoms with Crippen molar-refractivity contribution in [2.45, 2.75) is 185 Å². The number of hydrogen-bond donors (Lipinski definition) is 6. The summed E-state index contributed by atoms with van der Waals surface area (Å²) in [6.45, 7) is 17.8. The molecule has 3 aliphatic heterocycles. The van der Waals surface area contributed by atoms with E-state index in [1.165, 1.54) is 14.0 Å². The van der Waals surface area contributed by atoms with Crippen molar-refractivity contribution in [3.8, 4) is 0 Å². The van der Waals surface area contributed by atoms with Gasteiger partial charge in [-0.3, -0.25) is 9.78 Å². The predicted molar refractivity (Wildman–Crippen MR) is 212 cm³/mol. The molecule has 1 aromatic rings. The van der Waals surface area contributed by atoms with Crippen LogP contribution in [0.5, 0.6) is 0 Å². The molecule has 4 rings (SSSR count). The van der Waals surface area contributed by atoms with Gasteiger partial charge in [0.15, 0.2) is 18.2 Å². The third kappa shape index (κ3) is 10.0. The van der Waals surface area contributed by atoms with Crippen LogP contribution in [0.15, 0.2) is 24.4 Å². The number of nitrogens with one attached hydrogen (secondary N) is 1. The minimum atomic E-state index is -1.83. The molecule has 0 aliphatic carbocycles. The number of pyridine rings is 1. The zero-order chi connectivity index (χ0) is 42.8. The number of methoxy groups -OCH3 is 1. The van der Waals surface area contributed by atoms with Gasteiger partial charge in [0.05, 0.1) is 41.6 Å². The highest BCUT2D eigenvalue weighted by molar-refractivity contribution is 5.73. The molecule has 0 saturated carbocycles. The molecule has 3 fully saturated rings. The Morgan fingerprint density at radius 3 is 2.23 bits per heavy atom. The van der Waals surface area contributed by atoms with Crippen LogP contribution in [0.3, 0.4) is 0 Å². The Kier molecular flexibility index (Phi) is 15.8. The number of esters is 1. The maximum absolute atomic E-state index is 14.4. The number of carbonyl (C=O) groups is 1. The predicted octanol–water partition coefficient (Wildman–Crippen LogP) is 2.48. The molecular formula is C42H73N3O12. The van der Waals surface area contributed by atoms with Gasteiger partial charge in [-0.2, -0.15) is 0 Å². The minimum Gasteiger partial charge on any atom is -0.459 e. The molecule has 0 aromatic carbocycles. The summed E-state index contributed by atoms with van der Waals surface area (Å²) in [5.41, 5.74) is -6.03. The second-order valence-corrected chi connectivity index (χ2v) is 18.1. The van der Waals surface area contributed by atoms with E-state index in [1.807, 2.05) is 39.8 Å². The van der Waals surface area contributed by atoms with Gasteiger partial charge in [0.1, 0.15) is 29.5 Å². The van der Waals surface area contributed by atoms with Crippen LogP contribution in [-0.4, -0.2) is 153 Å². The van der Waals surface area contributed by atoms with E-state index in [-0.39, 0.29) is 37.3 Å². The molecule has 0 radical (unpaired) electrons. The minimum absolute atomic E-state index is 0.0133. The quantitative estimate of drug-likeness (QED) is 0.209. The van der Waals surface area contributed by atoms with E-state index in [9.17, 15) is 30.3 Å². The Hall–Kier alpha value is -1.86. The first kappa shape index (κ1) is 47.8. The van der Waals surface area contributed by atoms with Gasteiger partial charge in [0.2, 0.25) is 0 Å². The summed E-state index contributed by atoms with van der Waals surface area (Å²) in [5, 5.41) is 62.8. The van der Waals surface area contributed by atoms with Crippen molar-refractivity contribution < 1.29 is 58.7 Å². The number of aromatic nitrogens is 1. The van der Waals surface area contributed by atoms with Gasteiger partial charge in [0.25, 0.3) is 0 Å². The fraction of sp³-hybridized carbons (Fsp3) is 0.857.